The van der Waals surface area contributed by atoms with Gasteiger partial charge in [0, 0.05) is 0 Å². The van der Waals surface area contributed by atoms with E-state index in [4.69, 9.17) is 14.2 Å². The molecule has 3 aromatic rings. The van der Waals surface area contributed by atoms with Crippen LogP contribution in [0.5, 0.6) is 0 Å². The lowest BCUT2D eigenvalue weighted by Crippen LogP contribution is -2.52. The number of aliphatic hydroxyl groups excluding tert-OH is 1. The molecule has 11 heteroatoms. The fourth-order valence-corrected chi connectivity index (χ4v) is 4.93. The van der Waals surface area contributed by atoms with Gasteiger partial charge < -0.3 is 19.3 Å². The summed E-state index contributed by atoms with van der Waals surface area (Å²) in [5, 5.41) is 9.78. The van der Waals surface area contributed by atoms with Gasteiger partial charge in [-0.15, -0.1) is 11.3 Å². The minimum atomic E-state index is -1.60. The van der Waals surface area contributed by atoms with Crippen molar-refractivity contribution in [2.45, 2.75) is 71.8 Å². The molecule has 10 nitrogen and oxygen atoms in total. The Labute approximate surface area is 224 Å². The lowest BCUT2D eigenvalue weighted by atomic mass is 10.0. The average Bonchev–Trinajstić information content (AvgIpc) is 3.15. The van der Waals surface area contributed by atoms with Gasteiger partial charge in [0.05, 0.1) is 18.6 Å². The highest BCUT2D eigenvalue weighted by Crippen LogP contribution is 2.28. The SMILES string of the molecule is Cc1c(C(=O)OC(C)CO[C@@H](CO)c2ccccc2)sc2[nH]c(=O)n(C(C)(C)C(=O)OC(C)(C)C)c(=O)c12. The second-order valence-corrected chi connectivity index (χ2v) is 11.5. The molecule has 2 N–H and O–H groups in total. The van der Waals surface area contributed by atoms with Crippen LogP contribution in [0.2, 0.25) is 0 Å². The highest BCUT2D eigenvalue weighted by atomic mass is 32.1. The third-order valence-corrected chi connectivity index (χ3v) is 6.99. The van der Waals surface area contributed by atoms with Gasteiger partial charge in [-0.2, -0.15) is 0 Å². The zero-order chi connectivity index (χ0) is 28.4. The Hall–Kier alpha value is -3.28. The number of esters is 2. The maximum Gasteiger partial charge on any atom is 0.349 e. The Bertz CT molecular complexity index is 1430. The van der Waals surface area contributed by atoms with E-state index in [1.54, 1.807) is 34.6 Å². The summed E-state index contributed by atoms with van der Waals surface area (Å²) in [5.41, 5.74) is -2.80. The summed E-state index contributed by atoms with van der Waals surface area (Å²) < 4.78 is 17.5. The van der Waals surface area contributed by atoms with E-state index in [9.17, 15) is 24.3 Å². The monoisotopic (exact) mass is 546 g/mol. The molecule has 0 aliphatic carbocycles. The number of aromatic amines is 1. The second-order valence-electron chi connectivity index (χ2n) is 10.5. The van der Waals surface area contributed by atoms with Gasteiger partial charge in [-0.1, -0.05) is 30.3 Å². The average molecular weight is 547 g/mol. The van der Waals surface area contributed by atoms with Crippen LogP contribution >= 0.6 is 11.3 Å². The van der Waals surface area contributed by atoms with Crippen LogP contribution in [0.25, 0.3) is 10.2 Å². The molecule has 0 amide bonds. The summed E-state index contributed by atoms with van der Waals surface area (Å²) in [6.07, 6.45) is -1.23. The van der Waals surface area contributed by atoms with E-state index in [0.29, 0.717) is 5.56 Å². The molecule has 1 unspecified atom stereocenters. The van der Waals surface area contributed by atoms with Crippen LogP contribution in [0.3, 0.4) is 0 Å². The van der Waals surface area contributed by atoms with Gasteiger partial charge in [0.2, 0.25) is 0 Å². The predicted octanol–water partition coefficient (Wildman–Crippen LogP) is 3.43. The summed E-state index contributed by atoms with van der Waals surface area (Å²) in [5.74, 6) is -1.42. The predicted molar refractivity (Wildman–Crippen MR) is 144 cm³/mol. The fourth-order valence-electron chi connectivity index (χ4n) is 3.86. The number of hydrogen-bond acceptors (Lipinski definition) is 9. The van der Waals surface area contributed by atoms with Gasteiger partial charge >= 0.3 is 17.6 Å². The number of carbonyl (C=O) groups excluding carboxylic acids is 2. The Kier molecular flexibility index (Phi) is 8.65. The normalized spacial score (nSPS) is 13.8. The number of hydrogen-bond donors (Lipinski definition) is 2. The molecule has 38 heavy (non-hydrogen) atoms. The van der Waals surface area contributed by atoms with E-state index in [2.05, 4.69) is 4.98 Å². The largest absolute Gasteiger partial charge is 0.458 e. The van der Waals surface area contributed by atoms with E-state index in [0.717, 1.165) is 21.5 Å². The van der Waals surface area contributed by atoms with Crippen LogP contribution in [0, 0.1) is 6.92 Å². The number of aliphatic hydroxyl groups is 1. The molecule has 206 valence electrons. The molecular weight excluding hydrogens is 512 g/mol. The van der Waals surface area contributed by atoms with Gasteiger partial charge in [-0.25, -0.2) is 19.0 Å². The van der Waals surface area contributed by atoms with E-state index >= 15 is 0 Å². The number of thiophene rings is 1. The number of ether oxygens (including phenoxy) is 3. The van der Waals surface area contributed by atoms with Crippen LogP contribution in [0.1, 0.15) is 68.4 Å². The number of aryl methyl sites for hydroxylation is 1. The number of nitrogens with zero attached hydrogens (tertiary/aromatic N) is 1. The summed E-state index contributed by atoms with van der Waals surface area (Å²) in [6.45, 7) is 11.0. The van der Waals surface area contributed by atoms with Crippen molar-refractivity contribution in [1.82, 2.24) is 9.55 Å². The van der Waals surface area contributed by atoms with Gasteiger partial charge in [0.25, 0.3) is 5.56 Å². The first kappa shape index (κ1) is 29.3. The Morgan fingerprint density at radius 3 is 2.32 bits per heavy atom. The van der Waals surface area contributed by atoms with Crippen LogP contribution in [-0.2, 0) is 24.5 Å². The molecule has 0 bridgehead atoms. The molecular formula is C27H34N2O8S. The maximum absolute atomic E-state index is 13.4. The van der Waals surface area contributed by atoms with Crippen molar-refractivity contribution < 1.29 is 28.9 Å². The Balaban J connectivity index is 1.85. The first-order valence-corrected chi connectivity index (χ1v) is 13.0. The van der Waals surface area contributed by atoms with E-state index in [1.165, 1.54) is 13.8 Å². The van der Waals surface area contributed by atoms with Crippen molar-refractivity contribution in [2.24, 2.45) is 0 Å². The molecule has 2 atom stereocenters. The molecule has 0 fully saturated rings. The number of fused-ring (bicyclic) bond motifs is 1. The third-order valence-electron chi connectivity index (χ3n) is 5.81. The zero-order valence-electron chi connectivity index (χ0n) is 22.6. The number of benzene rings is 1. The minimum absolute atomic E-state index is 0.0313. The van der Waals surface area contributed by atoms with Crippen molar-refractivity contribution in [1.29, 1.82) is 0 Å². The fraction of sp³-hybridized carbons (Fsp3) is 0.481. The highest BCUT2D eigenvalue weighted by molar-refractivity contribution is 7.20. The molecule has 3 rings (SSSR count). The van der Waals surface area contributed by atoms with Gasteiger partial charge in [-0.05, 0) is 59.6 Å². The van der Waals surface area contributed by atoms with Crippen molar-refractivity contribution >= 4 is 33.5 Å². The quantitative estimate of drug-likeness (QED) is 0.390. The van der Waals surface area contributed by atoms with Crippen LogP contribution in [0.15, 0.2) is 39.9 Å². The van der Waals surface area contributed by atoms with E-state index in [1.807, 2.05) is 30.3 Å². The maximum atomic E-state index is 13.4. The van der Waals surface area contributed by atoms with Crippen molar-refractivity contribution in [2.75, 3.05) is 13.2 Å². The highest BCUT2D eigenvalue weighted by Gasteiger charge is 2.38. The summed E-state index contributed by atoms with van der Waals surface area (Å²) in [6, 6.07) is 9.19. The lowest BCUT2D eigenvalue weighted by Gasteiger charge is -2.29. The van der Waals surface area contributed by atoms with Crippen LogP contribution in [-0.4, -0.2) is 51.5 Å². The van der Waals surface area contributed by atoms with Crippen LogP contribution in [0.4, 0.5) is 0 Å². The molecule has 2 heterocycles. The molecule has 0 aliphatic heterocycles. The number of H-pyrrole nitrogens is 1. The number of rotatable bonds is 9. The Morgan fingerprint density at radius 1 is 1.11 bits per heavy atom. The van der Waals surface area contributed by atoms with Crippen LogP contribution < -0.4 is 11.2 Å². The van der Waals surface area contributed by atoms with Gasteiger partial charge in [0.1, 0.15) is 33.1 Å². The summed E-state index contributed by atoms with van der Waals surface area (Å²) in [7, 11) is 0. The molecule has 2 aromatic heterocycles. The molecule has 0 aliphatic rings. The Morgan fingerprint density at radius 2 is 1.74 bits per heavy atom. The summed E-state index contributed by atoms with van der Waals surface area (Å²) in [4.78, 5) is 55.1. The first-order valence-electron chi connectivity index (χ1n) is 12.2. The molecule has 0 spiro atoms. The molecule has 0 saturated heterocycles. The first-order chi connectivity index (χ1) is 17.7. The lowest BCUT2D eigenvalue weighted by molar-refractivity contribution is -0.164. The van der Waals surface area contributed by atoms with Gasteiger partial charge in [-0.3, -0.25) is 9.78 Å². The number of aromatic nitrogens is 2. The summed E-state index contributed by atoms with van der Waals surface area (Å²) >= 11 is 0.925. The minimum Gasteiger partial charge on any atom is -0.458 e. The molecule has 0 saturated carbocycles. The van der Waals surface area contributed by atoms with Crippen molar-refractivity contribution in [3.8, 4) is 0 Å². The zero-order valence-corrected chi connectivity index (χ0v) is 23.4. The van der Waals surface area contributed by atoms with E-state index in [-0.39, 0.29) is 28.3 Å². The standard InChI is InChI=1S/C27H34N2O8S/c1-15(14-35-18(13-30)17-11-9-8-10-12-17)36-23(32)20-16(2)19-21(38-20)28-25(34)29(22(19)31)27(6,7)24(33)37-26(3,4)5/h8-12,15,18,30H,13-14H2,1-7H3,(H,28,34)/t15?,18-/m0/s1. The molecule has 1 aromatic carbocycles. The smallest absolute Gasteiger partial charge is 0.349 e. The van der Waals surface area contributed by atoms with E-state index < -0.39 is 46.5 Å². The number of carbonyl (C=O) groups is 2. The van der Waals surface area contributed by atoms with Gasteiger partial charge in [0.15, 0.2) is 0 Å². The topological polar surface area (TPSA) is 137 Å². The molecule has 0 radical (unpaired) electrons. The van der Waals surface area contributed by atoms with Crippen molar-refractivity contribution in [3.05, 3.63) is 67.2 Å². The third kappa shape index (κ3) is 6.23. The second kappa shape index (κ2) is 11.2. The number of nitrogens with one attached hydrogen (secondary N) is 1. The van der Waals surface area contributed by atoms with Crippen molar-refractivity contribution in [3.63, 3.8) is 0 Å².